The molecule has 2 fully saturated rings. The van der Waals surface area contributed by atoms with Crippen molar-refractivity contribution in [2.24, 2.45) is 5.41 Å². The zero-order valence-electron chi connectivity index (χ0n) is 50.7. The summed E-state index contributed by atoms with van der Waals surface area (Å²) in [4.78, 5) is 71.7. The molecule has 2 heterocycles. The second-order valence-electron chi connectivity index (χ2n) is 23.7. The van der Waals surface area contributed by atoms with Crippen LogP contribution in [0.1, 0.15) is 134 Å². The normalized spacial score (nSPS) is 14.8. The van der Waals surface area contributed by atoms with Gasteiger partial charge in [0.15, 0.2) is 17.6 Å². The van der Waals surface area contributed by atoms with E-state index >= 15 is 4.79 Å². The van der Waals surface area contributed by atoms with Crippen LogP contribution < -0.4 is 46.0 Å². The molecule has 6 aromatic carbocycles. The van der Waals surface area contributed by atoms with Gasteiger partial charge < -0.3 is 46.3 Å². The second-order valence-corrected chi connectivity index (χ2v) is 23.7. The number of hydrazine groups is 1. The quantitative estimate of drug-likeness (QED) is 0.0128. The summed E-state index contributed by atoms with van der Waals surface area (Å²) < 4.78 is 13.5. The van der Waals surface area contributed by atoms with Gasteiger partial charge in [-0.15, -0.1) is 5.10 Å². The molecule has 87 heavy (non-hydrogen) atoms. The molecule has 1 saturated heterocycles. The number of fused-ring (bicyclic) bond motifs is 1. The number of aliphatic hydroxyl groups is 1. The zero-order chi connectivity index (χ0) is 62.4. The molecule has 5 amide bonds. The lowest BCUT2D eigenvalue weighted by Crippen LogP contribution is -2.50. The first-order valence-electron chi connectivity index (χ1n) is 29.6. The number of nitro benzene ring substituents is 1. The van der Waals surface area contributed by atoms with Gasteiger partial charge in [-0.1, -0.05) is 91.5 Å². The van der Waals surface area contributed by atoms with Crippen molar-refractivity contribution >= 4 is 80.3 Å². The number of ether oxygens (including phenoxy) is 2. The number of phenolic OH excluding ortho intramolecular Hbond substituents is 1. The van der Waals surface area contributed by atoms with Crippen LogP contribution in [0.25, 0.3) is 11.0 Å². The molecule has 1 aliphatic carbocycles. The van der Waals surface area contributed by atoms with E-state index in [1.54, 1.807) is 78.8 Å². The first kappa shape index (κ1) is 62.1. The fraction of sp³-hybridized carbons (Fsp3) is 0.385. The lowest BCUT2D eigenvalue weighted by molar-refractivity contribution is -0.384. The molecule has 2 atom stereocenters. The van der Waals surface area contributed by atoms with Crippen LogP contribution in [0.3, 0.4) is 0 Å². The number of rotatable bonds is 23. The number of non-ortho nitro benzene ring substituents is 1. The van der Waals surface area contributed by atoms with E-state index in [9.17, 15) is 34.7 Å². The minimum Gasteiger partial charge on any atom is -0.506 e. The molecular formula is C65H78N12O10. The number of nitrogens with one attached hydrogen (secondary N) is 6. The van der Waals surface area contributed by atoms with Gasteiger partial charge in [-0.2, -0.15) is 5.01 Å². The van der Waals surface area contributed by atoms with Crippen molar-refractivity contribution < 1.29 is 43.8 Å². The highest BCUT2D eigenvalue weighted by atomic mass is 16.6. The number of amides is 5. The highest BCUT2D eigenvalue weighted by Gasteiger charge is 2.54. The predicted molar refractivity (Wildman–Crippen MR) is 338 cm³/mol. The van der Waals surface area contributed by atoms with E-state index in [1.807, 2.05) is 19.1 Å². The molecule has 22 nitrogen and oxygen atoms in total. The standard InChI is InChI=1S/C65H78N12O10/c1-10-13-17-56(86-54-30-19-41(63(4,5)11-2)35-47(54)64(6,7)12-3)59(80)69-51-37-53(78)50(70-61(82)68-44-22-20-42(66-8)21-23-44)38-57(51)87-55-31-28-46(77(84)85)36-52(55)74(9)62(83)76-60(81)65(32-15-14-16-33-65)39-75(76)45-26-24-43(25-27-45)67-58(79)40-18-29-48-49(34-40)72-73-71-48/h18-31,34-38,56,61,66,68,70,78,82H,10-17,32-33,39H2,1-9H3,(H,67,79)(H,69,80)(H,71,72,73). The van der Waals surface area contributed by atoms with Crippen molar-refractivity contribution in [1.82, 2.24) is 20.4 Å². The van der Waals surface area contributed by atoms with E-state index in [4.69, 9.17) is 9.47 Å². The van der Waals surface area contributed by atoms with Crippen LogP contribution in [0.5, 0.6) is 23.0 Å². The number of anilines is 7. The number of aromatic hydroxyl groups is 1. The van der Waals surface area contributed by atoms with Gasteiger partial charge in [0.05, 0.1) is 45.1 Å². The maximum Gasteiger partial charge on any atom is 0.350 e. The molecule has 9 rings (SSSR count). The highest BCUT2D eigenvalue weighted by Crippen LogP contribution is 2.48. The van der Waals surface area contributed by atoms with Crippen molar-refractivity contribution in [1.29, 1.82) is 0 Å². The Morgan fingerprint density at radius 1 is 0.805 bits per heavy atom. The van der Waals surface area contributed by atoms with Crippen molar-refractivity contribution in [3.63, 3.8) is 0 Å². The van der Waals surface area contributed by atoms with Gasteiger partial charge in [-0.05, 0) is 134 Å². The molecule has 2 aliphatic rings. The zero-order valence-corrected chi connectivity index (χ0v) is 50.7. The van der Waals surface area contributed by atoms with Crippen molar-refractivity contribution in [2.45, 2.75) is 136 Å². The molecule has 2 unspecified atom stereocenters. The molecule has 0 radical (unpaired) electrons. The van der Waals surface area contributed by atoms with E-state index in [-0.39, 0.29) is 51.8 Å². The fourth-order valence-corrected chi connectivity index (χ4v) is 10.9. The number of urea groups is 1. The third kappa shape index (κ3) is 13.7. The average molecular weight is 1190 g/mol. The third-order valence-electron chi connectivity index (χ3n) is 17.1. The number of aliphatic hydroxyl groups excluding tert-OH is 1. The SMILES string of the molecule is CCCCC(Oc1ccc(C(C)(C)CC)cc1C(C)(C)CC)C(=O)Nc1cc(O)c(NC(O)Nc2ccc(NC)cc2)cc1Oc1ccc([N+](=O)[O-])cc1N(C)C(=O)N1C(=O)C2(CCCCC2)CN1c1ccc(NC(=O)c2ccc3nn[nH]c3c2)cc1. The lowest BCUT2D eigenvalue weighted by Gasteiger charge is -2.32. The lowest BCUT2D eigenvalue weighted by atomic mass is 9.74. The smallest absolute Gasteiger partial charge is 0.350 e. The molecular weight excluding hydrogens is 1110 g/mol. The van der Waals surface area contributed by atoms with Crippen LogP contribution in [0.4, 0.5) is 50.3 Å². The summed E-state index contributed by atoms with van der Waals surface area (Å²) in [6.07, 6.45) is 4.36. The predicted octanol–water partition coefficient (Wildman–Crippen LogP) is 13.2. The van der Waals surface area contributed by atoms with E-state index in [0.29, 0.717) is 65.1 Å². The largest absolute Gasteiger partial charge is 0.506 e. The van der Waals surface area contributed by atoms with Gasteiger partial charge in [0, 0.05) is 66.5 Å². The topological polar surface area (TPSA) is 282 Å². The molecule has 22 heteroatoms. The Kier molecular flexibility index (Phi) is 18.6. The summed E-state index contributed by atoms with van der Waals surface area (Å²) in [5, 5.41) is 63.5. The number of nitro groups is 1. The van der Waals surface area contributed by atoms with Crippen LogP contribution >= 0.6 is 0 Å². The number of aromatic nitrogens is 3. The Balaban J connectivity index is 1.06. The first-order chi connectivity index (χ1) is 41.6. The van der Waals surface area contributed by atoms with E-state index in [0.717, 1.165) is 71.3 Å². The summed E-state index contributed by atoms with van der Waals surface area (Å²) in [7, 11) is 3.15. The summed E-state index contributed by atoms with van der Waals surface area (Å²) in [6.45, 7) is 15.1. The van der Waals surface area contributed by atoms with E-state index in [2.05, 4.69) is 89.6 Å². The molecule has 1 saturated carbocycles. The van der Waals surface area contributed by atoms with Crippen LogP contribution in [-0.4, -0.2) is 92.4 Å². The molecule has 458 valence electrons. The summed E-state index contributed by atoms with van der Waals surface area (Å²) in [6, 6.07) is 30.3. The maximum absolute atomic E-state index is 15.4. The number of hydrogen-bond acceptors (Lipinski definition) is 16. The second kappa shape index (κ2) is 26.0. The van der Waals surface area contributed by atoms with Gasteiger partial charge >= 0.3 is 6.03 Å². The molecule has 1 aromatic heterocycles. The average Bonchev–Trinajstić information content (AvgIpc) is 1.82. The van der Waals surface area contributed by atoms with Gasteiger partial charge in [0.1, 0.15) is 17.0 Å². The number of carbonyl (C=O) groups is 4. The van der Waals surface area contributed by atoms with Crippen molar-refractivity contribution in [3.05, 3.63) is 142 Å². The van der Waals surface area contributed by atoms with Gasteiger partial charge in [-0.3, -0.25) is 39.5 Å². The number of imide groups is 1. The monoisotopic (exact) mass is 1190 g/mol. The Hall–Kier alpha value is -9.44. The summed E-state index contributed by atoms with van der Waals surface area (Å²) in [5.41, 5.74) is 3.92. The summed E-state index contributed by atoms with van der Waals surface area (Å²) >= 11 is 0. The van der Waals surface area contributed by atoms with Crippen molar-refractivity contribution in [3.8, 4) is 23.0 Å². The van der Waals surface area contributed by atoms with E-state index in [1.165, 1.54) is 31.3 Å². The summed E-state index contributed by atoms with van der Waals surface area (Å²) in [5.74, 6) is -1.49. The highest BCUT2D eigenvalue weighted by molar-refractivity contribution is 6.09. The van der Waals surface area contributed by atoms with Crippen molar-refractivity contribution in [2.75, 3.05) is 57.1 Å². The van der Waals surface area contributed by atoms with Gasteiger partial charge in [0.25, 0.3) is 23.4 Å². The molecule has 1 spiro atoms. The number of carbonyl (C=O) groups excluding carboxylic acids is 4. The number of phenols is 1. The van der Waals surface area contributed by atoms with Crippen LogP contribution in [0.2, 0.25) is 0 Å². The minimum absolute atomic E-state index is 0.0540. The molecule has 8 N–H and O–H groups in total. The van der Waals surface area contributed by atoms with Crippen LogP contribution in [0.15, 0.2) is 115 Å². The Bertz CT molecular complexity index is 3660. The van der Waals surface area contributed by atoms with Gasteiger partial charge in [-0.25, -0.2) is 4.79 Å². The fourth-order valence-electron chi connectivity index (χ4n) is 10.9. The number of H-pyrrole nitrogens is 1. The number of nitrogens with zero attached hydrogens (tertiary/aromatic N) is 6. The minimum atomic E-state index is -1.49. The molecule has 0 bridgehead atoms. The number of aromatic amines is 1. The number of benzene rings is 6. The maximum atomic E-state index is 15.4. The van der Waals surface area contributed by atoms with Crippen LogP contribution in [0, 0.1) is 15.5 Å². The molecule has 7 aromatic rings. The third-order valence-corrected chi connectivity index (χ3v) is 17.1. The first-order valence-corrected chi connectivity index (χ1v) is 29.6. The Morgan fingerprint density at radius 3 is 2.17 bits per heavy atom. The number of unbranched alkanes of at least 4 members (excludes halogenated alkanes) is 1. The van der Waals surface area contributed by atoms with E-state index < -0.39 is 52.1 Å². The Labute approximate surface area is 506 Å². The molecule has 1 aliphatic heterocycles. The number of hydrogen-bond donors (Lipinski definition) is 8. The van der Waals surface area contributed by atoms with Crippen LogP contribution in [-0.2, 0) is 20.4 Å². The van der Waals surface area contributed by atoms with Gasteiger partial charge in [0.2, 0.25) is 6.35 Å². The Morgan fingerprint density at radius 2 is 1.49 bits per heavy atom.